The Bertz CT molecular complexity index is 757. The van der Waals surface area contributed by atoms with E-state index in [9.17, 15) is 0 Å². The maximum atomic E-state index is 4.41. The van der Waals surface area contributed by atoms with E-state index in [4.69, 9.17) is 0 Å². The molecule has 3 rings (SSSR count). The van der Waals surface area contributed by atoms with Crippen molar-refractivity contribution in [2.24, 2.45) is 4.99 Å². The summed E-state index contributed by atoms with van der Waals surface area (Å²) in [4.78, 5) is 11.1. The number of rotatable bonds is 6. The average Bonchev–Trinajstić information content (AvgIpc) is 2.75. The summed E-state index contributed by atoms with van der Waals surface area (Å²) in [6.45, 7) is 7.51. The van der Waals surface area contributed by atoms with Gasteiger partial charge in [0.2, 0.25) is 0 Å². The molecule has 1 atom stereocenters. The summed E-state index contributed by atoms with van der Waals surface area (Å²) >= 11 is 0. The van der Waals surface area contributed by atoms with Crippen LogP contribution in [0, 0.1) is 6.92 Å². The van der Waals surface area contributed by atoms with Crippen LogP contribution in [-0.2, 0) is 6.42 Å². The molecule has 1 saturated heterocycles. The van der Waals surface area contributed by atoms with Crippen LogP contribution in [-0.4, -0.2) is 48.6 Å². The third kappa shape index (κ3) is 6.96. The van der Waals surface area contributed by atoms with Crippen molar-refractivity contribution in [3.63, 3.8) is 0 Å². The zero-order valence-corrected chi connectivity index (χ0v) is 20.1. The Morgan fingerprint density at radius 3 is 2.59 bits per heavy atom. The fraction of sp³-hybridized carbons (Fsp3) is 0.478. The molecule has 2 N–H and O–H groups in total. The molecule has 2 heterocycles. The molecule has 0 spiro atoms. The first-order valence-electron chi connectivity index (χ1n) is 10.3. The van der Waals surface area contributed by atoms with Gasteiger partial charge in [0.15, 0.2) is 5.96 Å². The van der Waals surface area contributed by atoms with Crippen molar-refractivity contribution in [1.29, 1.82) is 0 Å². The number of nitrogens with one attached hydrogen (secondary N) is 2. The second-order valence-corrected chi connectivity index (χ2v) is 7.59. The van der Waals surface area contributed by atoms with Gasteiger partial charge in [-0.1, -0.05) is 30.3 Å². The Morgan fingerprint density at radius 2 is 1.93 bits per heavy atom. The summed E-state index contributed by atoms with van der Waals surface area (Å²) in [5, 5.41) is 7.06. The second kappa shape index (κ2) is 12.1. The molecule has 1 aromatic carbocycles. The normalized spacial score (nSPS) is 16.7. The third-order valence-corrected chi connectivity index (χ3v) is 5.75. The summed E-state index contributed by atoms with van der Waals surface area (Å²) in [6, 6.07) is 13.8. The summed E-state index contributed by atoms with van der Waals surface area (Å²) in [5.74, 6) is 0.904. The van der Waals surface area contributed by atoms with Crippen molar-refractivity contribution in [1.82, 2.24) is 20.5 Å². The van der Waals surface area contributed by atoms with Gasteiger partial charge in [-0.25, -0.2) is 0 Å². The number of guanidine groups is 1. The maximum absolute atomic E-state index is 4.41. The first-order valence-corrected chi connectivity index (χ1v) is 10.3. The maximum Gasteiger partial charge on any atom is 0.191 e. The molecular weight excluding hydrogens is 473 g/mol. The van der Waals surface area contributed by atoms with Crippen molar-refractivity contribution >= 4 is 29.9 Å². The van der Waals surface area contributed by atoms with Crippen molar-refractivity contribution in [2.75, 3.05) is 26.7 Å². The third-order valence-electron chi connectivity index (χ3n) is 5.75. The van der Waals surface area contributed by atoms with Gasteiger partial charge in [-0.05, 0) is 55.9 Å². The van der Waals surface area contributed by atoms with Gasteiger partial charge in [-0.3, -0.25) is 14.9 Å². The second-order valence-electron chi connectivity index (χ2n) is 7.59. The molecule has 2 aromatic rings. The van der Waals surface area contributed by atoms with Gasteiger partial charge in [0.05, 0.1) is 0 Å². The van der Waals surface area contributed by atoms with E-state index in [0.29, 0.717) is 12.1 Å². The molecule has 1 unspecified atom stereocenters. The van der Waals surface area contributed by atoms with Crippen molar-refractivity contribution in [3.8, 4) is 0 Å². The van der Waals surface area contributed by atoms with Crippen LogP contribution in [0.4, 0.5) is 0 Å². The highest BCUT2D eigenvalue weighted by Crippen LogP contribution is 2.23. The molecule has 1 fully saturated rings. The Kier molecular flexibility index (Phi) is 9.87. The van der Waals surface area contributed by atoms with Gasteiger partial charge < -0.3 is 10.6 Å². The minimum absolute atomic E-state index is 0. The van der Waals surface area contributed by atoms with Crippen LogP contribution in [0.2, 0.25) is 0 Å². The highest BCUT2D eigenvalue weighted by molar-refractivity contribution is 14.0. The molecule has 0 saturated carbocycles. The van der Waals surface area contributed by atoms with Crippen LogP contribution in [0.15, 0.2) is 53.8 Å². The van der Waals surface area contributed by atoms with Gasteiger partial charge >= 0.3 is 0 Å². The molecular formula is C23H34IN5. The number of halogens is 1. The van der Waals surface area contributed by atoms with E-state index >= 15 is 0 Å². The van der Waals surface area contributed by atoms with Crippen molar-refractivity contribution in [3.05, 3.63) is 65.5 Å². The van der Waals surface area contributed by atoms with E-state index in [-0.39, 0.29) is 24.0 Å². The summed E-state index contributed by atoms with van der Waals surface area (Å²) < 4.78 is 0. The Labute approximate surface area is 192 Å². The lowest BCUT2D eigenvalue weighted by atomic mass is 10.0. The number of likely N-dealkylation sites (tertiary alicyclic amines) is 1. The van der Waals surface area contributed by atoms with E-state index in [0.717, 1.165) is 44.9 Å². The number of aromatic nitrogens is 1. The summed E-state index contributed by atoms with van der Waals surface area (Å²) in [7, 11) is 1.85. The zero-order chi connectivity index (χ0) is 19.8. The molecule has 1 aromatic heterocycles. The van der Waals surface area contributed by atoms with Crippen LogP contribution in [0.1, 0.15) is 42.5 Å². The predicted octanol–water partition coefficient (Wildman–Crippen LogP) is 3.94. The molecule has 29 heavy (non-hydrogen) atoms. The lowest BCUT2D eigenvalue weighted by Gasteiger charge is -2.37. The number of aliphatic imine (C=N–C) groups is 1. The number of benzene rings is 1. The fourth-order valence-corrected chi connectivity index (χ4v) is 3.86. The molecule has 0 amide bonds. The first kappa shape index (κ1) is 23.6. The minimum atomic E-state index is 0. The smallest absolute Gasteiger partial charge is 0.191 e. The number of piperidine rings is 1. The van der Waals surface area contributed by atoms with Gasteiger partial charge in [-0.15, -0.1) is 24.0 Å². The Hall–Kier alpha value is -1.67. The summed E-state index contributed by atoms with van der Waals surface area (Å²) in [5.41, 5.74) is 3.98. The zero-order valence-electron chi connectivity index (χ0n) is 17.8. The van der Waals surface area contributed by atoms with E-state index in [1.807, 2.05) is 19.4 Å². The quantitative estimate of drug-likeness (QED) is 0.354. The minimum Gasteiger partial charge on any atom is -0.356 e. The highest BCUT2D eigenvalue weighted by Gasteiger charge is 2.23. The number of hydrogen-bond acceptors (Lipinski definition) is 3. The molecule has 0 bridgehead atoms. The van der Waals surface area contributed by atoms with Crippen LogP contribution in [0.5, 0.6) is 0 Å². The lowest BCUT2D eigenvalue weighted by molar-refractivity contribution is 0.158. The van der Waals surface area contributed by atoms with Gasteiger partial charge in [0.1, 0.15) is 0 Å². The summed E-state index contributed by atoms with van der Waals surface area (Å²) in [6.07, 6.45) is 7.04. The molecule has 0 radical (unpaired) electrons. The van der Waals surface area contributed by atoms with Gasteiger partial charge in [0.25, 0.3) is 0 Å². The number of aryl methyl sites for hydroxylation is 1. The van der Waals surface area contributed by atoms with Crippen molar-refractivity contribution < 1.29 is 0 Å². The predicted molar refractivity (Wildman–Crippen MR) is 132 cm³/mol. The van der Waals surface area contributed by atoms with Crippen LogP contribution < -0.4 is 10.6 Å². The molecule has 1 aliphatic rings. The molecule has 5 nitrogen and oxygen atoms in total. The molecule has 1 aliphatic heterocycles. The van der Waals surface area contributed by atoms with Crippen LogP contribution in [0.25, 0.3) is 0 Å². The Morgan fingerprint density at radius 1 is 1.21 bits per heavy atom. The van der Waals surface area contributed by atoms with Gasteiger partial charge in [-0.2, -0.15) is 0 Å². The van der Waals surface area contributed by atoms with E-state index < -0.39 is 0 Å². The molecule has 158 valence electrons. The van der Waals surface area contributed by atoms with E-state index in [2.05, 4.69) is 75.8 Å². The largest absolute Gasteiger partial charge is 0.356 e. The van der Waals surface area contributed by atoms with E-state index in [1.54, 1.807) is 0 Å². The van der Waals surface area contributed by atoms with Gasteiger partial charge in [0, 0.05) is 51.2 Å². The Balaban J connectivity index is 0.00000300. The van der Waals surface area contributed by atoms with Crippen LogP contribution in [0.3, 0.4) is 0 Å². The number of nitrogens with zero attached hydrogens (tertiary/aromatic N) is 3. The fourth-order valence-electron chi connectivity index (χ4n) is 3.86. The highest BCUT2D eigenvalue weighted by atomic mass is 127. The first-order chi connectivity index (χ1) is 13.7. The molecule has 6 heteroatoms. The average molecular weight is 507 g/mol. The lowest BCUT2D eigenvalue weighted by Crippen LogP contribution is -2.49. The topological polar surface area (TPSA) is 52.6 Å². The van der Waals surface area contributed by atoms with E-state index in [1.165, 1.54) is 16.7 Å². The standard InChI is InChI=1S/C23H33N5.HI/c1-18-17-25-13-9-20(18)10-14-26-23(24-3)27-22-11-15-28(16-12-22)19(2)21-7-5-4-6-8-21;/h4-9,13,17,19,22H,10-12,14-16H2,1-3H3,(H2,24,26,27);1H. The number of pyridine rings is 1. The van der Waals surface area contributed by atoms with Crippen molar-refractivity contribution in [2.45, 2.75) is 45.2 Å². The van der Waals surface area contributed by atoms with Crippen LogP contribution >= 0.6 is 24.0 Å². The number of hydrogen-bond donors (Lipinski definition) is 2. The SMILES string of the molecule is CN=C(NCCc1ccncc1C)NC1CCN(C(C)c2ccccc2)CC1.I. The monoisotopic (exact) mass is 507 g/mol. The molecule has 0 aliphatic carbocycles.